The summed E-state index contributed by atoms with van der Waals surface area (Å²) in [4.78, 5) is 69.5. The number of oxime groups is 1. The largest absolute Gasteiger partial charge is 1.00 e. The number of nitrogens with zero attached hydrogens (tertiary/aromatic N) is 7. The summed E-state index contributed by atoms with van der Waals surface area (Å²) < 4.78 is 24.5. The topological polar surface area (TPSA) is 204 Å². The lowest BCUT2D eigenvalue weighted by atomic mass is 10.0. The predicted octanol–water partition coefficient (Wildman–Crippen LogP) is -0.0174. The molecule has 0 saturated carbocycles. The lowest BCUT2D eigenvalue weighted by Gasteiger charge is -2.49. The van der Waals surface area contributed by atoms with Gasteiger partial charge in [-0.2, -0.15) is 9.36 Å². The molecule has 1 aromatic carbocycles. The average molecular weight is 902 g/mol. The first-order valence-corrected chi connectivity index (χ1v) is 20.0. The van der Waals surface area contributed by atoms with Crippen LogP contribution >= 0.6 is 23.3 Å². The minimum atomic E-state index is -1.03. The number of rotatable bonds is 16. The molecule has 5 heterocycles. The number of hydrogen-bond donors (Lipinski definition) is 3. The van der Waals surface area contributed by atoms with Gasteiger partial charge in [-0.25, -0.2) is 14.2 Å². The van der Waals surface area contributed by atoms with Crippen molar-refractivity contribution in [1.29, 1.82) is 0 Å². The molecule has 3 aromatic heterocycles. The summed E-state index contributed by atoms with van der Waals surface area (Å²) in [7, 11) is 3.48. The molecule has 3 N–H and O–H groups in total. The van der Waals surface area contributed by atoms with Crippen molar-refractivity contribution in [3.63, 3.8) is 0 Å². The molecule has 310 valence electrons. The van der Waals surface area contributed by atoms with Crippen LogP contribution in [0.1, 0.15) is 45.5 Å². The van der Waals surface area contributed by atoms with Crippen LogP contribution in [0.25, 0.3) is 11.2 Å². The smallest absolute Gasteiger partial charge is 0.414 e. The minimum Gasteiger partial charge on any atom is -1.00 e. The van der Waals surface area contributed by atoms with Crippen LogP contribution in [-0.2, 0) is 48.4 Å². The number of halogens is 1. The Hall–Kier alpha value is -5.12. The maximum Gasteiger partial charge on any atom is 0.414 e. The van der Waals surface area contributed by atoms with E-state index in [1.807, 2.05) is 29.9 Å². The minimum absolute atomic E-state index is 0. The molecule has 0 aliphatic carbocycles. The monoisotopic (exact) mass is 900 g/mol. The molecule has 58 heavy (non-hydrogen) atoms. The highest BCUT2D eigenvalue weighted by atomic mass is 79.9. The van der Waals surface area contributed by atoms with Crippen molar-refractivity contribution in [3.05, 3.63) is 71.6 Å². The van der Waals surface area contributed by atoms with Crippen molar-refractivity contribution in [2.24, 2.45) is 5.16 Å². The predicted molar refractivity (Wildman–Crippen MR) is 211 cm³/mol. The molecule has 1 saturated heterocycles. The zero-order valence-corrected chi connectivity index (χ0v) is 36.0. The third kappa shape index (κ3) is 10.3. The SMILES string of the molecule is CCO/N=C(\C(=O)NC1C(=O)N2C(C(=O)OCc3ccc(OC)cc3)=C(C[n+]3cccc4c3ncn4CCCNC)CSC12)c1nsc(NC(=O)OC(C)(C)C)n1.[Br-]. The Kier molecular flexibility index (Phi) is 14.8. The van der Waals surface area contributed by atoms with Gasteiger partial charge in [0.2, 0.25) is 23.0 Å². The number of thioether (sulfide) groups is 1. The van der Waals surface area contributed by atoms with Gasteiger partial charge in [0.1, 0.15) is 53.7 Å². The van der Waals surface area contributed by atoms with Crippen LogP contribution in [-0.4, -0.2) is 103 Å². The fourth-order valence-corrected chi connectivity index (χ4v) is 7.93. The van der Waals surface area contributed by atoms with Gasteiger partial charge in [0, 0.05) is 29.4 Å². The van der Waals surface area contributed by atoms with Crippen LogP contribution in [0.5, 0.6) is 5.75 Å². The Bertz CT molecular complexity index is 2190. The fraction of sp³-hybridized carbons (Fsp3) is 0.432. The molecule has 0 radical (unpaired) electrons. The first-order chi connectivity index (χ1) is 27.4. The van der Waals surface area contributed by atoms with Crippen LogP contribution in [0, 0.1) is 0 Å². The molecule has 2 aliphatic heterocycles. The van der Waals surface area contributed by atoms with E-state index in [-0.39, 0.29) is 59.1 Å². The zero-order valence-electron chi connectivity index (χ0n) is 32.8. The molecule has 3 amide bonds. The number of imidazole rings is 1. The molecule has 1 fully saturated rings. The van der Waals surface area contributed by atoms with Gasteiger partial charge in [0.15, 0.2) is 0 Å². The summed E-state index contributed by atoms with van der Waals surface area (Å²) in [5.74, 6) is -1.08. The van der Waals surface area contributed by atoms with E-state index in [9.17, 15) is 19.2 Å². The number of carbonyl (C=O) groups is 4. The summed E-state index contributed by atoms with van der Waals surface area (Å²) >= 11 is 2.21. The lowest BCUT2D eigenvalue weighted by molar-refractivity contribution is -0.664. The quantitative estimate of drug-likeness (QED) is 0.0339. The van der Waals surface area contributed by atoms with Crippen LogP contribution in [0.2, 0.25) is 0 Å². The third-order valence-electron chi connectivity index (χ3n) is 8.64. The molecule has 4 aromatic rings. The highest BCUT2D eigenvalue weighted by Crippen LogP contribution is 2.41. The first kappa shape index (κ1) is 44.0. The second-order valence-corrected chi connectivity index (χ2v) is 15.7. The van der Waals surface area contributed by atoms with Gasteiger partial charge < -0.3 is 51.2 Å². The van der Waals surface area contributed by atoms with Crippen molar-refractivity contribution >= 4 is 69.2 Å². The standard InChI is InChI=1S/C37H44N10O8S2.BrH/c1-7-54-43-26(29-41-35(57-44-29)42-36(51)55-37(2,3)4)31(48)40-27-32(49)47-28(34(50)53-19-22-11-13-24(52-6)14-12-22)23(20-56-33(27)47)18-45-16-8-10-25-30(45)39-21-46(25)17-9-15-38-5;/h8,10-14,16,21,27,33,38H,7,9,15,17-20H2,1-6H3,(H-,40,41,42,44,48,51);1H/b43-26-;. The first-order valence-electron chi connectivity index (χ1n) is 18.2. The summed E-state index contributed by atoms with van der Waals surface area (Å²) in [6.07, 6.45) is 3.86. The molecule has 21 heteroatoms. The summed E-state index contributed by atoms with van der Waals surface area (Å²) in [6.45, 7) is 8.84. The van der Waals surface area contributed by atoms with E-state index in [1.54, 1.807) is 65.4 Å². The van der Waals surface area contributed by atoms with Crippen LogP contribution in [0.4, 0.5) is 9.93 Å². The van der Waals surface area contributed by atoms with Gasteiger partial charge in [-0.05, 0) is 82.5 Å². The van der Waals surface area contributed by atoms with E-state index in [0.29, 0.717) is 17.1 Å². The number of nitrogens with one attached hydrogen (secondary N) is 3. The molecular formula is C37H45BrN10O8S2. The summed E-state index contributed by atoms with van der Waals surface area (Å²) in [6, 6.07) is 10.0. The second-order valence-electron chi connectivity index (χ2n) is 13.9. The van der Waals surface area contributed by atoms with E-state index in [0.717, 1.165) is 47.8 Å². The van der Waals surface area contributed by atoms with Gasteiger partial charge in [0.25, 0.3) is 11.8 Å². The van der Waals surface area contributed by atoms with Crippen molar-refractivity contribution < 1.29 is 59.8 Å². The molecule has 2 aliphatic rings. The number of anilines is 1. The van der Waals surface area contributed by atoms with Gasteiger partial charge >= 0.3 is 17.7 Å². The second kappa shape index (κ2) is 19.6. The maximum absolute atomic E-state index is 14.0. The number of aryl methyl sites for hydroxylation is 1. The fourth-order valence-electron chi connectivity index (χ4n) is 6.04. The highest BCUT2D eigenvalue weighted by Gasteiger charge is 2.55. The number of aromatic nitrogens is 5. The Labute approximate surface area is 353 Å². The number of carbonyl (C=O) groups excluding carboxylic acids is 4. The van der Waals surface area contributed by atoms with Crippen molar-refractivity contribution in [1.82, 2.24) is 34.4 Å². The zero-order chi connectivity index (χ0) is 40.7. The molecule has 0 bridgehead atoms. The number of pyridine rings is 1. The van der Waals surface area contributed by atoms with Crippen LogP contribution < -0.4 is 42.2 Å². The van der Waals surface area contributed by atoms with Gasteiger partial charge in [-0.3, -0.25) is 19.8 Å². The molecule has 0 spiro atoms. The molecule has 18 nitrogen and oxygen atoms in total. The summed E-state index contributed by atoms with van der Waals surface area (Å²) in [5, 5.41) is 11.7. The van der Waals surface area contributed by atoms with Crippen molar-refractivity contribution in [3.8, 4) is 5.75 Å². The number of ether oxygens (including phenoxy) is 3. The summed E-state index contributed by atoms with van der Waals surface area (Å²) in [5.41, 5.74) is 2.13. The molecular weight excluding hydrogens is 857 g/mol. The Morgan fingerprint density at radius 1 is 1.14 bits per heavy atom. The number of fused-ring (bicyclic) bond motifs is 2. The normalized spacial score (nSPS) is 16.6. The number of benzene rings is 1. The highest BCUT2D eigenvalue weighted by molar-refractivity contribution is 8.00. The molecule has 6 rings (SSSR count). The number of methoxy groups -OCH3 is 1. The average Bonchev–Trinajstić information content (AvgIpc) is 3.83. The molecule has 2 unspecified atom stereocenters. The Morgan fingerprint density at radius 2 is 1.91 bits per heavy atom. The van der Waals surface area contributed by atoms with Crippen molar-refractivity contribution in [2.75, 3.05) is 38.4 Å². The van der Waals surface area contributed by atoms with Crippen LogP contribution in [0.3, 0.4) is 0 Å². The van der Waals surface area contributed by atoms with Gasteiger partial charge in [0.05, 0.1) is 13.3 Å². The van der Waals surface area contributed by atoms with E-state index in [2.05, 4.69) is 40.0 Å². The lowest BCUT2D eigenvalue weighted by Crippen LogP contribution is -3.00. The van der Waals surface area contributed by atoms with E-state index < -0.39 is 40.9 Å². The van der Waals surface area contributed by atoms with Gasteiger partial charge in [-0.1, -0.05) is 17.3 Å². The van der Waals surface area contributed by atoms with Gasteiger partial charge in [-0.15, -0.1) is 11.8 Å². The number of esters is 1. The van der Waals surface area contributed by atoms with Crippen molar-refractivity contribution in [2.45, 2.75) is 70.8 Å². The Balaban J connectivity index is 0.00000641. The van der Waals surface area contributed by atoms with E-state index in [4.69, 9.17) is 19.0 Å². The Morgan fingerprint density at radius 3 is 2.62 bits per heavy atom. The number of hydrogen-bond acceptors (Lipinski definition) is 15. The van der Waals surface area contributed by atoms with E-state index >= 15 is 0 Å². The van der Waals surface area contributed by atoms with Crippen LogP contribution in [0.15, 0.2) is 65.3 Å². The number of amides is 3. The van der Waals surface area contributed by atoms with E-state index in [1.165, 1.54) is 16.7 Å². The third-order valence-corrected chi connectivity index (χ3v) is 10.6. The molecule has 2 atom stereocenters. The number of β-lactam (4-membered cyclic amide) rings is 1. The maximum atomic E-state index is 14.0.